The molecule has 0 saturated heterocycles. The second kappa shape index (κ2) is 6.22. The summed E-state index contributed by atoms with van der Waals surface area (Å²) in [6.45, 7) is 5.91. The molecule has 0 radical (unpaired) electrons. The van der Waals surface area contributed by atoms with Crippen LogP contribution in [-0.4, -0.2) is 30.0 Å². The predicted octanol–water partition coefficient (Wildman–Crippen LogP) is 3.38. The van der Waals surface area contributed by atoms with Crippen LogP contribution in [0, 0.1) is 0 Å². The molecular weight excluding hydrogens is 296 g/mol. The van der Waals surface area contributed by atoms with Gasteiger partial charge in [0.15, 0.2) is 5.58 Å². The van der Waals surface area contributed by atoms with Crippen molar-refractivity contribution >= 4 is 28.7 Å². The van der Waals surface area contributed by atoms with Crippen LogP contribution in [0.3, 0.4) is 0 Å². The van der Waals surface area contributed by atoms with Gasteiger partial charge in [-0.25, -0.2) is 4.79 Å². The minimum atomic E-state index is -0.527. The number of nitrogens with one attached hydrogen (secondary N) is 1. The van der Waals surface area contributed by atoms with Crippen LogP contribution in [0.25, 0.3) is 11.0 Å². The van der Waals surface area contributed by atoms with Crippen LogP contribution >= 0.6 is 11.6 Å². The molecule has 114 valence electrons. The van der Waals surface area contributed by atoms with Crippen molar-refractivity contribution in [2.24, 2.45) is 0 Å². The third kappa shape index (κ3) is 4.26. The van der Waals surface area contributed by atoms with Gasteiger partial charge in [0.2, 0.25) is 0 Å². The molecule has 0 aliphatic rings. The van der Waals surface area contributed by atoms with Gasteiger partial charge in [-0.15, -0.1) is 0 Å². The summed E-state index contributed by atoms with van der Waals surface area (Å²) in [7, 11) is 0. The average Bonchev–Trinajstić information content (AvgIpc) is 2.77. The average molecular weight is 313 g/mol. The van der Waals surface area contributed by atoms with Gasteiger partial charge < -0.3 is 19.3 Å². The maximum atomic E-state index is 11.4. The summed E-state index contributed by atoms with van der Waals surface area (Å²) >= 11 is 6.07. The van der Waals surface area contributed by atoms with E-state index in [-0.39, 0.29) is 13.2 Å². The van der Waals surface area contributed by atoms with Crippen molar-refractivity contribution in [2.45, 2.75) is 26.4 Å². The van der Waals surface area contributed by atoms with Gasteiger partial charge in [-0.2, -0.15) is 0 Å². The molecule has 2 rings (SSSR count). The molecule has 7 heteroatoms. The zero-order chi connectivity index (χ0) is 15.5. The van der Waals surface area contributed by atoms with Crippen LogP contribution in [0.2, 0.25) is 5.02 Å². The molecule has 0 unspecified atom stereocenters. The van der Waals surface area contributed by atoms with E-state index in [1.54, 1.807) is 39.0 Å². The van der Waals surface area contributed by atoms with E-state index >= 15 is 0 Å². The molecule has 1 aromatic heterocycles. The first-order chi connectivity index (χ1) is 9.87. The maximum Gasteiger partial charge on any atom is 0.407 e. The first kappa shape index (κ1) is 15.4. The zero-order valence-corrected chi connectivity index (χ0v) is 12.9. The van der Waals surface area contributed by atoms with Crippen molar-refractivity contribution in [1.29, 1.82) is 0 Å². The van der Waals surface area contributed by atoms with E-state index in [2.05, 4.69) is 10.5 Å². The number of carbonyl (C=O) groups is 1. The van der Waals surface area contributed by atoms with Gasteiger partial charge in [-0.3, -0.25) is 0 Å². The fourth-order valence-electron chi connectivity index (χ4n) is 1.64. The lowest BCUT2D eigenvalue weighted by Crippen LogP contribution is -2.34. The number of carbonyl (C=O) groups excluding carboxylic acids is 1. The predicted molar refractivity (Wildman–Crippen MR) is 78.8 cm³/mol. The van der Waals surface area contributed by atoms with Gasteiger partial charge >= 0.3 is 6.09 Å². The number of nitrogens with zero attached hydrogens (tertiary/aromatic N) is 1. The molecule has 1 aromatic carbocycles. The fraction of sp³-hybridized carbons (Fsp3) is 0.429. The van der Waals surface area contributed by atoms with Gasteiger partial charge in [-0.05, 0) is 38.1 Å². The van der Waals surface area contributed by atoms with E-state index in [1.165, 1.54) is 0 Å². The molecule has 6 nitrogen and oxygen atoms in total. The molecule has 1 heterocycles. The monoisotopic (exact) mass is 312 g/mol. The van der Waals surface area contributed by atoms with E-state index < -0.39 is 11.7 Å². The molecule has 1 N–H and O–H groups in total. The lowest BCUT2D eigenvalue weighted by molar-refractivity contribution is 0.0520. The van der Waals surface area contributed by atoms with Crippen LogP contribution < -0.4 is 10.1 Å². The number of hydrogen-bond acceptors (Lipinski definition) is 5. The van der Waals surface area contributed by atoms with Crippen molar-refractivity contribution in [1.82, 2.24) is 10.5 Å². The van der Waals surface area contributed by atoms with Crippen molar-refractivity contribution in [2.75, 3.05) is 13.2 Å². The quantitative estimate of drug-likeness (QED) is 0.876. The Bertz CT molecular complexity index is 633. The summed E-state index contributed by atoms with van der Waals surface area (Å²) in [5, 5.41) is 7.52. The number of ether oxygens (including phenoxy) is 2. The summed E-state index contributed by atoms with van der Waals surface area (Å²) in [4.78, 5) is 11.4. The highest BCUT2D eigenvalue weighted by Gasteiger charge is 2.16. The summed E-state index contributed by atoms with van der Waals surface area (Å²) in [6, 6.07) is 5.25. The van der Waals surface area contributed by atoms with Gasteiger partial charge in [0.05, 0.1) is 11.6 Å². The molecule has 0 bridgehead atoms. The number of hydrogen-bond donors (Lipinski definition) is 1. The van der Waals surface area contributed by atoms with Crippen LogP contribution in [0.1, 0.15) is 20.8 Å². The molecule has 0 aliphatic heterocycles. The molecule has 0 aliphatic carbocycles. The van der Waals surface area contributed by atoms with E-state index in [0.717, 1.165) is 0 Å². The third-order valence-electron chi connectivity index (χ3n) is 2.43. The topological polar surface area (TPSA) is 73.6 Å². The number of alkyl carbamates (subject to hydrolysis) is 1. The summed E-state index contributed by atoms with van der Waals surface area (Å²) in [6.07, 6.45) is -0.492. The number of amides is 1. The first-order valence-corrected chi connectivity index (χ1v) is 6.88. The highest BCUT2D eigenvalue weighted by atomic mass is 35.5. The van der Waals surface area contributed by atoms with Crippen LogP contribution in [0.4, 0.5) is 4.79 Å². The number of fused-ring (bicyclic) bond motifs is 1. The standard InChI is InChI=1S/C14H17ClN2O4/c1-14(2,3)20-13(18)16-7-8-19-12-11-9(15)5-4-6-10(11)21-17-12/h4-6H,7-8H2,1-3H3,(H,16,18). The van der Waals surface area contributed by atoms with Crippen molar-refractivity contribution in [3.63, 3.8) is 0 Å². The molecule has 0 spiro atoms. The lowest BCUT2D eigenvalue weighted by atomic mass is 10.2. The van der Waals surface area contributed by atoms with Crippen molar-refractivity contribution in [3.8, 4) is 5.88 Å². The first-order valence-electron chi connectivity index (χ1n) is 6.50. The minimum absolute atomic E-state index is 0.228. The van der Waals surface area contributed by atoms with Crippen LogP contribution in [0.5, 0.6) is 5.88 Å². The number of rotatable bonds is 4. The molecule has 0 fully saturated rings. The molecule has 0 atom stereocenters. The Kier molecular flexibility index (Phi) is 4.57. The van der Waals surface area contributed by atoms with Crippen molar-refractivity contribution < 1.29 is 18.8 Å². The highest BCUT2D eigenvalue weighted by molar-refractivity contribution is 6.35. The lowest BCUT2D eigenvalue weighted by Gasteiger charge is -2.19. The minimum Gasteiger partial charge on any atom is -0.473 e. The molecule has 1 amide bonds. The molecular formula is C14H17ClN2O4. The number of aromatic nitrogens is 1. The van der Waals surface area contributed by atoms with E-state index in [0.29, 0.717) is 21.9 Å². The van der Waals surface area contributed by atoms with Gasteiger partial charge in [0.1, 0.15) is 17.6 Å². The largest absolute Gasteiger partial charge is 0.473 e. The van der Waals surface area contributed by atoms with E-state index in [4.69, 9.17) is 25.6 Å². The fourth-order valence-corrected chi connectivity index (χ4v) is 1.88. The Labute approximate surface area is 127 Å². The van der Waals surface area contributed by atoms with E-state index in [9.17, 15) is 4.79 Å². The Balaban J connectivity index is 1.85. The highest BCUT2D eigenvalue weighted by Crippen LogP contribution is 2.31. The Morgan fingerprint density at radius 1 is 1.43 bits per heavy atom. The zero-order valence-electron chi connectivity index (χ0n) is 12.1. The smallest absolute Gasteiger partial charge is 0.407 e. The maximum absolute atomic E-state index is 11.4. The second-order valence-electron chi connectivity index (χ2n) is 5.38. The number of benzene rings is 1. The Hall–Kier alpha value is -1.95. The Morgan fingerprint density at radius 2 is 2.19 bits per heavy atom. The third-order valence-corrected chi connectivity index (χ3v) is 2.74. The van der Waals surface area contributed by atoms with Gasteiger partial charge in [0.25, 0.3) is 5.88 Å². The SMILES string of the molecule is CC(C)(C)OC(=O)NCCOc1noc2cccc(Cl)c12. The van der Waals surface area contributed by atoms with Gasteiger partial charge in [-0.1, -0.05) is 17.7 Å². The normalized spacial score (nSPS) is 11.4. The second-order valence-corrected chi connectivity index (χ2v) is 5.79. The van der Waals surface area contributed by atoms with Crippen LogP contribution in [0.15, 0.2) is 22.7 Å². The van der Waals surface area contributed by atoms with E-state index in [1.807, 2.05) is 0 Å². The Morgan fingerprint density at radius 3 is 2.90 bits per heavy atom. The molecule has 2 aromatic rings. The summed E-state index contributed by atoms with van der Waals surface area (Å²) in [5.74, 6) is 0.307. The molecule has 21 heavy (non-hydrogen) atoms. The molecule has 0 saturated carbocycles. The number of halogens is 1. The van der Waals surface area contributed by atoms with Crippen molar-refractivity contribution in [3.05, 3.63) is 23.2 Å². The van der Waals surface area contributed by atoms with Gasteiger partial charge in [0, 0.05) is 0 Å². The van der Waals surface area contributed by atoms with Crippen LogP contribution in [-0.2, 0) is 4.74 Å². The summed E-state index contributed by atoms with van der Waals surface area (Å²) < 4.78 is 15.7. The summed E-state index contributed by atoms with van der Waals surface area (Å²) in [5.41, 5.74) is 0.0263.